The predicted molar refractivity (Wildman–Crippen MR) is 85.7 cm³/mol. The normalized spacial score (nSPS) is 11.9. The van der Waals surface area contributed by atoms with Crippen LogP contribution in [0.25, 0.3) is 11.0 Å². The quantitative estimate of drug-likeness (QED) is 0.764. The van der Waals surface area contributed by atoms with E-state index in [1.807, 2.05) is 13.1 Å². The fourth-order valence-corrected chi connectivity index (χ4v) is 4.45. The molecule has 0 bridgehead atoms. The summed E-state index contributed by atoms with van der Waals surface area (Å²) < 4.78 is 25.7. The third-order valence-corrected chi connectivity index (χ3v) is 6.68. The van der Waals surface area contributed by atoms with Gasteiger partial charge in [0.1, 0.15) is 16.4 Å². The Bertz CT molecular complexity index is 914. The Morgan fingerprint density at radius 1 is 1.32 bits per heavy atom. The van der Waals surface area contributed by atoms with Gasteiger partial charge in [-0.3, -0.25) is 4.68 Å². The van der Waals surface area contributed by atoms with Gasteiger partial charge in [0.05, 0.1) is 23.9 Å². The summed E-state index contributed by atoms with van der Waals surface area (Å²) in [7, 11) is -1.32. The van der Waals surface area contributed by atoms with Crippen LogP contribution in [0.4, 0.5) is 5.82 Å². The second-order valence-corrected chi connectivity index (χ2v) is 8.38. The number of sulfone groups is 1. The third-order valence-electron chi connectivity index (χ3n) is 3.28. The molecule has 116 valence electrons. The maximum Gasteiger partial charge on any atom is 0.187 e. The van der Waals surface area contributed by atoms with Crippen molar-refractivity contribution in [2.45, 2.75) is 17.7 Å². The molecule has 0 aromatic carbocycles. The molecule has 0 saturated heterocycles. The number of nitrogens with zero attached hydrogens (tertiary/aromatic N) is 4. The van der Waals surface area contributed by atoms with Gasteiger partial charge in [-0.15, -0.1) is 11.3 Å². The predicted octanol–water partition coefficient (Wildman–Crippen LogP) is 1.83. The topological polar surface area (TPSA) is 89.8 Å². The van der Waals surface area contributed by atoms with Gasteiger partial charge in [0.15, 0.2) is 15.5 Å². The van der Waals surface area contributed by atoms with E-state index in [1.54, 1.807) is 23.9 Å². The average molecular weight is 337 g/mol. The molecule has 0 fully saturated rings. The van der Waals surface area contributed by atoms with E-state index >= 15 is 0 Å². The van der Waals surface area contributed by atoms with Gasteiger partial charge in [0, 0.05) is 11.9 Å². The molecule has 0 aliphatic heterocycles. The Morgan fingerprint density at radius 2 is 2.14 bits per heavy atom. The Kier molecular flexibility index (Phi) is 3.83. The lowest BCUT2D eigenvalue weighted by atomic mass is 10.4. The van der Waals surface area contributed by atoms with Crippen molar-refractivity contribution in [1.29, 1.82) is 0 Å². The van der Waals surface area contributed by atoms with Gasteiger partial charge in [-0.2, -0.15) is 5.10 Å². The van der Waals surface area contributed by atoms with Gasteiger partial charge in [-0.1, -0.05) is 6.92 Å². The minimum absolute atomic E-state index is 0.114. The first kappa shape index (κ1) is 14.9. The minimum Gasteiger partial charge on any atom is -0.364 e. The van der Waals surface area contributed by atoms with Crippen LogP contribution in [0.3, 0.4) is 0 Å². The minimum atomic E-state index is -3.14. The molecular weight excluding hydrogens is 322 g/mol. The number of aromatic nitrogens is 4. The van der Waals surface area contributed by atoms with Gasteiger partial charge in [0.2, 0.25) is 0 Å². The number of hydrogen-bond donors (Lipinski definition) is 1. The van der Waals surface area contributed by atoms with E-state index in [2.05, 4.69) is 20.4 Å². The number of thiophene rings is 1. The van der Waals surface area contributed by atoms with E-state index in [4.69, 9.17) is 0 Å². The van der Waals surface area contributed by atoms with Crippen LogP contribution in [0, 0.1) is 0 Å². The average Bonchev–Trinajstić information content (AvgIpc) is 3.13. The lowest BCUT2D eigenvalue weighted by Crippen LogP contribution is -2.02. The summed E-state index contributed by atoms with van der Waals surface area (Å²) in [5, 5.41) is 8.20. The molecule has 0 radical (unpaired) electrons. The number of anilines is 1. The lowest BCUT2D eigenvalue weighted by Gasteiger charge is -2.04. The van der Waals surface area contributed by atoms with Crippen molar-refractivity contribution < 1.29 is 8.42 Å². The molecule has 7 nitrogen and oxygen atoms in total. The largest absolute Gasteiger partial charge is 0.364 e. The first-order valence-corrected chi connectivity index (χ1v) is 9.16. The maximum absolute atomic E-state index is 11.8. The Hall–Kier alpha value is -2.00. The van der Waals surface area contributed by atoms with Crippen molar-refractivity contribution in [2.75, 3.05) is 11.1 Å². The van der Waals surface area contributed by atoms with E-state index in [0.29, 0.717) is 16.6 Å². The summed E-state index contributed by atoms with van der Waals surface area (Å²) in [5.41, 5.74) is 0.748. The van der Waals surface area contributed by atoms with Gasteiger partial charge >= 0.3 is 0 Å². The summed E-state index contributed by atoms with van der Waals surface area (Å²) in [6.45, 7) is 2.15. The monoisotopic (exact) mass is 337 g/mol. The molecule has 1 N–H and O–H groups in total. The number of nitrogens with one attached hydrogen (secondary N) is 1. The molecule has 3 aromatic heterocycles. The summed E-state index contributed by atoms with van der Waals surface area (Å²) >= 11 is 1.28. The molecule has 22 heavy (non-hydrogen) atoms. The van der Waals surface area contributed by atoms with Crippen LogP contribution in [0.1, 0.15) is 11.8 Å². The Balaban J connectivity index is 1.80. The van der Waals surface area contributed by atoms with Crippen LogP contribution in [0.2, 0.25) is 0 Å². The van der Waals surface area contributed by atoms with Crippen LogP contribution >= 0.6 is 11.3 Å². The second-order valence-electron chi connectivity index (χ2n) is 4.71. The highest BCUT2D eigenvalue weighted by Crippen LogP contribution is 2.24. The van der Waals surface area contributed by atoms with Crippen molar-refractivity contribution >= 4 is 38.0 Å². The number of fused-ring (bicyclic) bond motifs is 1. The SMILES string of the molecule is CCS(=O)(=O)c1ccc(CNc2ncnc3c2cnn3C)s1. The molecular formula is C13H15N5O2S2. The zero-order valence-electron chi connectivity index (χ0n) is 12.1. The van der Waals surface area contributed by atoms with E-state index in [-0.39, 0.29) is 5.75 Å². The molecule has 0 saturated carbocycles. The summed E-state index contributed by atoms with van der Waals surface area (Å²) in [6, 6.07) is 3.47. The Morgan fingerprint density at radius 3 is 2.91 bits per heavy atom. The van der Waals surface area contributed by atoms with Crippen LogP contribution in [0.15, 0.2) is 28.9 Å². The number of rotatable bonds is 5. The molecule has 9 heteroatoms. The van der Waals surface area contributed by atoms with E-state index in [9.17, 15) is 8.42 Å². The molecule has 0 aliphatic carbocycles. The second kappa shape index (κ2) is 5.65. The van der Waals surface area contributed by atoms with Crippen molar-refractivity contribution in [1.82, 2.24) is 19.7 Å². The lowest BCUT2D eigenvalue weighted by molar-refractivity contribution is 0.599. The molecule has 3 rings (SSSR count). The zero-order chi connectivity index (χ0) is 15.7. The highest BCUT2D eigenvalue weighted by molar-refractivity contribution is 7.93. The van der Waals surface area contributed by atoms with Crippen molar-refractivity contribution in [3.05, 3.63) is 29.5 Å². The van der Waals surface area contributed by atoms with Gasteiger partial charge in [-0.25, -0.2) is 18.4 Å². The van der Waals surface area contributed by atoms with E-state index in [1.165, 1.54) is 17.7 Å². The van der Waals surface area contributed by atoms with Crippen LogP contribution in [-0.2, 0) is 23.4 Å². The first-order chi connectivity index (χ1) is 10.5. The zero-order valence-corrected chi connectivity index (χ0v) is 13.8. The smallest absolute Gasteiger partial charge is 0.187 e. The van der Waals surface area contributed by atoms with Crippen molar-refractivity contribution in [2.24, 2.45) is 7.05 Å². The molecule has 3 aromatic rings. The highest BCUT2D eigenvalue weighted by atomic mass is 32.2. The highest BCUT2D eigenvalue weighted by Gasteiger charge is 2.14. The fourth-order valence-electron chi connectivity index (χ4n) is 2.04. The van der Waals surface area contributed by atoms with Crippen LogP contribution in [0.5, 0.6) is 0 Å². The summed E-state index contributed by atoms with van der Waals surface area (Å²) in [6.07, 6.45) is 3.19. The molecule has 0 aliphatic rings. The van der Waals surface area contributed by atoms with Crippen LogP contribution < -0.4 is 5.32 Å². The molecule has 0 unspecified atom stereocenters. The molecule has 0 spiro atoms. The van der Waals surface area contributed by atoms with Crippen molar-refractivity contribution in [3.63, 3.8) is 0 Å². The molecule has 0 amide bonds. The number of hydrogen-bond acceptors (Lipinski definition) is 7. The Labute approximate surface area is 131 Å². The third kappa shape index (κ3) is 2.69. The standard InChI is InChI=1S/C13H15N5O2S2/c1-3-22(19,20)11-5-4-9(21-11)6-14-12-10-7-17-18(2)13(10)16-8-15-12/h4-5,7-8H,3,6H2,1-2H3,(H,14,15,16). The fraction of sp³-hybridized carbons (Fsp3) is 0.308. The van der Waals surface area contributed by atoms with E-state index in [0.717, 1.165) is 15.9 Å². The van der Waals surface area contributed by atoms with Gasteiger partial charge in [0.25, 0.3) is 0 Å². The van der Waals surface area contributed by atoms with Gasteiger partial charge in [-0.05, 0) is 12.1 Å². The van der Waals surface area contributed by atoms with Gasteiger partial charge < -0.3 is 5.32 Å². The van der Waals surface area contributed by atoms with E-state index < -0.39 is 9.84 Å². The first-order valence-electron chi connectivity index (χ1n) is 6.69. The maximum atomic E-state index is 11.8. The van der Waals surface area contributed by atoms with Crippen molar-refractivity contribution in [3.8, 4) is 0 Å². The summed E-state index contributed by atoms with van der Waals surface area (Å²) in [4.78, 5) is 9.33. The molecule has 0 atom stereocenters. The summed E-state index contributed by atoms with van der Waals surface area (Å²) in [5.74, 6) is 0.800. The number of aryl methyl sites for hydroxylation is 1. The molecule has 3 heterocycles. The van der Waals surface area contributed by atoms with Crippen LogP contribution in [-0.4, -0.2) is 33.9 Å².